The number of hydrogen-bond donors (Lipinski definition) is 1. The van der Waals surface area contributed by atoms with Crippen LogP contribution in [0.15, 0.2) is 49.1 Å². The van der Waals surface area contributed by atoms with Crippen LogP contribution in [-0.2, 0) is 11.3 Å². The molecule has 1 aliphatic rings. The molecule has 0 aliphatic carbocycles. The fourth-order valence-electron chi connectivity index (χ4n) is 4.68. The fourth-order valence-corrected chi connectivity index (χ4v) is 4.68. The van der Waals surface area contributed by atoms with Crippen molar-refractivity contribution >= 4 is 22.8 Å². The van der Waals surface area contributed by atoms with Gasteiger partial charge in [-0.1, -0.05) is 6.07 Å². The number of β-amino-alcohol motifs (C(OH)–C–C–N with tert-alkyl or cyclic N) is 1. The Morgan fingerprint density at radius 2 is 1.83 bits per heavy atom. The van der Waals surface area contributed by atoms with E-state index in [0.29, 0.717) is 46.9 Å². The van der Waals surface area contributed by atoms with Crippen LogP contribution in [0.4, 0.5) is 23.8 Å². The molecule has 1 saturated heterocycles. The number of carbonyl (C=O) groups excluding carboxylic acids is 1. The zero-order chi connectivity index (χ0) is 29.6. The number of nitrogens with zero attached hydrogens (tertiary/aromatic N) is 8. The molecule has 41 heavy (non-hydrogen) atoms. The number of aromatic nitrogens is 6. The highest BCUT2D eigenvalue weighted by Gasteiger charge is 2.35. The Hall–Kier alpha value is -4.20. The molecule has 4 aromatic rings. The van der Waals surface area contributed by atoms with Gasteiger partial charge in [0.15, 0.2) is 5.82 Å². The van der Waals surface area contributed by atoms with Gasteiger partial charge in [-0.2, -0.15) is 23.4 Å². The molecule has 0 spiro atoms. The maximum Gasteiger partial charge on any atom is 0.410 e. The molecule has 1 atom stereocenters. The van der Waals surface area contributed by atoms with Crippen LogP contribution in [0.2, 0.25) is 0 Å². The highest BCUT2D eigenvalue weighted by molar-refractivity contribution is 5.83. The minimum absolute atomic E-state index is 0.108. The molecule has 1 aliphatic heterocycles. The van der Waals surface area contributed by atoms with Crippen LogP contribution in [0.5, 0.6) is 0 Å². The van der Waals surface area contributed by atoms with Gasteiger partial charge in [0, 0.05) is 43.0 Å². The molecule has 1 N–H and O–H groups in total. The third-order valence-electron chi connectivity index (χ3n) is 6.34. The van der Waals surface area contributed by atoms with E-state index in [0.717, 1.165) is 4.68 Å². The van der Waals surface area contributed by atoms with Gasteiger partial charge in [-0.05, 0) is 45.9 Å². The summed E-state index contributed by atoms with van der Waals surface area (Å²) < 4.78 is 46.3. The van der Waals surface area contributed by atoms with Crippen molar-refractivity contribution in [3.8, 4) is 17.1 Å². The zero-order valence-electron chi connectivity index (χ0n) is 23.1. The van der Waals surface area contributed by atoms with E-state index in [1.165, 1.54) is 17.3 Å². The van der Waals surface area contributed by atoms with Crippen LogP contribution >= 0.6 is 0 Å². The second-order valence-electron chi connectivity index (χ2n) is 11.4. The van der Waals surface area contributed by atoms with Crippen molar-refractivity contribution in [2.75, 3.05) is 31.1 Å². The molecule has 11 nitrogen and oxygen atoms in total. The van der Waals surface area contributed by atoms with Gasteiger partial charge in [0.25, 0.3) is 0 Å². The van der Waals surface area contributed by atoms with Crippen LogP contribution in [0.25, 0.3) is 28.0 Å². The number of carbonyl (C=O) groups is 1. The minimum atomic E-state index is -4.38. The molecule has 218 valence electrons. The quantitative estimate of drug-likeness (QED) is 0.390. The molecular formula is C27H31F3N8O3. The lowest BCUT2D eigenvalue weighted by Gasteiger charge is -2.31. The number of fused-ring (bicyclic) bond motifs is 1. The molecule has 0 saturated carbocycles. The van der Waals surface area contributed by atoms with E-state index in [9.17, 15) is 23.1 Å². The van der Waals surface area contributed by atoms with Gasteiger partial charge >= 0.3 is 12.3 Å². The van der Waals surface area contributed by atoms with Crippen LogP contribution in [0.1, 0.15) is 27.7 Å². The van der Waals surface area contributed by atoms with Crippen molar-refractivity contribution in [2.24, 2.45) is 0 Å². The summed E-state index contributed by atoms with van der Waals surface area (Å²) in [7, 11) is 0. The monoisotopic (exact) mass is 572 g/mol. The zero-order valence-corrected chi connectivity index (χ0v) is 23.1. The van der Waals surface area contributed by atoms with Gasteiger partial charge in [0.1, 0.15) is 18.0 Å². The Labute approximate surface area is 234 Å². The number of rotatable bonds is 4. The number of anilines is 1. The second kappa shape index (κ2) is 10.3. The number of hydrogen-bond acceptors (Lipinski definition) is 8. The highest BCUT2D eigenvalue weighted by Crippen LogP contribution is 2.26. The number of alkyl halides is 3. The predicted octanol–water partition coefficient (Wildman–Crippen LogP) is 4.05. The van der Waals surface area contributed by atoms with Gasteiger partial charge in [-0.25, -0.2) is 14.5 Å². The molecule has 0 aromatic carbocycles. The summed E-state index contributed by atoms with van der Waals surface area (Å²) in [5.41, 5.74) is -0.347. The first-order chi connectivity index (χ1) is 19.2. The first-order valence-corrected chi connectivity index (χ1v) is 13.0. The molecule has 4 aromatic heterocycles. The van der Waals surface area contributed by atoms with Crippen molar-refractivity contribution < 1.29 is 27.8 Å². The fraction of sp³-hybridized carbons (Fsp3) is 0.444. The average molecular weight is 573 g/mol. The SMILES string of the molecule is CC(C)(C)OC(=O)N1CCN(c2cccc(-n3ncc4cnc(-c5cnn(CC(F)(F)F)c5)cc43)n2)C[C@](C)(O)C1. The van der Waals surface area contributed by atoms with Crippen molar-refractivity contribution in [3.05, 3.63) is 49.1 Å². The Balaban J connectivity index is 1.41. The van der Waals surface area contributed by atoms with Crippen molar-refractivity contribution in [3.63, 3.8) is 0 Å². The van der Waals surface area contributed by atoms with Crippen LogP contribution in [0, 0.1) is 0 Å². The topological polar surface area (TPSA) is 114 Å². The third-order valence-corrected chi connectivity index (χ3v) is 6.34. The van der Waals surface area contributed by atoms with E-state index in [1.807, 2.05) is 17.0 Å². The van der Waals surface area contributed by atoms with Gasteiger partial charge in [0.2, 0.25) is 0 Å². The molecule has 0 bridgehead atoms. The molecule has 0 radical (unpaired) electrons. The summed E-state index contributed by atoms with van der Waals surface area (Å²) in [5, 5.41) is 20.1. The highest BCUT2D eigenvalue weighted by atomic mass is 19.4. The Morgan fingerprint density at radius 3 is 2.56 bits per heavy atom. The first kappa shape index (κ1) is 28.3. The number of ether oxygens (including phenoxy) is 1. The summed E-state index contributed by atoms with van der Waals surface area (Å²) >= 11 is 0. The molecule has 5 heterocycles. The maximum atomic E-state index is 12.8. The smallest absolute Gasteiger partial charge is 0.410 e. The summed E-state index contributed by atoms with van der Waals surface area (Å²) in [6.45, 7) is 6.95. The van der Waals surface area contributed by atoms with E-state index >= 15 is 0 Å². The molecule has 1 fully saturated rings. The summed E-state index contributed by atoms with van der Waals surface area (Å²) in [6, 6.07) is 7.14. The van der Waals surface area contributed by atoms with Gasteiger partial charge in [0.05, 0.1) is 35.8 Å². The second-order valence-corrected chi connectivity index (χ2v) is 11.4. The van der Waals surface area contributed by atoms with E-state index in [-0.39, 0.29) is 13.1 Å². The Bertz CT molecular complexity index is 1560. The largest absolute Gasteiger partial charge is 0.444 e. The summed E-state index contributed by atoms with van der Waals surface area (Å²) in [5.74, 6) is 1.08. The molecule has 1 amide bonds. The first-order valence-electron chi connectivity index (χ1n) is 13.0. The lowest BCUT2D eigenvalue weighted by atomic mass is 10.1. The van der Waals surface area contributed by atoms with Crippen LogP contribution < -0.4 is 4.90 Å². The normalized spacial score (nSPS) is 18.5. The molecule has 14 heteroatoms. The lowest BCUT2D eigenvalue weighted by Crippen LogP contribution is -2.47. The number of aliphatic hydroxyl groups is 1. The Kier molecular flexibility index (Phi) is 7.14. The standard InChI is InChI=1S/C27H31F3N8O3/c1-25(2,3)41-24(39)36-9-8-35(15-26(4,40)16-36)22-6-5-7-23(34-22)38-21-10-20(31-11-18(21)12-33-38)19-13-32-37(14-19)17-27(28,29)30/h5-7,10-14,40H,8-9,15-17H2,1-4H3/t26-/m0/s1. The molecule has 0 unspecified atom stereocenters. The van der Waals surface area contributed by atoms with Crippen molar-refractivity contribution in [1.29, 1.82) is 0 Å². The third kappa shape index (κ3) is 6.76. The number of amides is 1. The van der Waals surface area contributed by atoms with Crippen LogP contribution in [0.3, 0.4) is 0 Å². The van der Waals surface area contributed by atoms with E-state index in [2.05, 4.69) is 15.2 Å². The lowest BCUT2D eigenvalue weighted by molar-refractivity contribution is -0.142. The number of pyridine rings is 2. The maximum absolute atomic E-state index is 12.8. The predicted molar refractivity (Wildman–Crippen MR) is 145 cm³/mol. The van der Waals surface area contributed by atoms with Crippen LogP contribution in [-0.4, -0.2) is 89.2 Å². The average Bonchev–Trinajstić information content (AvgIpc) is 3.46. The Morgan fingerprint density at radius 1 is 1.07 bits per heavy atom. The number of halogens is 3. The van der Waals surface area contributed by atoms with Gasteiger partial charge < -0.3 is 19.6 Å². The molecule has 5 rings (SSSR count). The van der Waals surface area contributed by atoms with Gasteiger partial charge in [-0.15, -0.1) is 0 Å². The van der Waals surface area contributed by atoms with E-state index in [1.54, 1.807) is 56.9 Å². The molecular weight excluding hydrogens is 541 g/mol. The minimum Gasteiger partial charge on any atom is -0.444 e. The van der Waals surface area contributed by atoms with Gasteiger partial charge in [-0.3, -0.25) is 9.67 Å². The van der Waals surface area contributed by atoms with Crippen molar-refractivity contribution in [2.45, 2.75) is 51.6 Å². The van der Waals surface area contributed by atoms with E-state index < -0.39 is 30.0 Å². The van der Waals surface area contributed by atoms with E-state index in [4.69, 9.17) is 9.72 Å². The summed E-state index contributed by atoms with van der Waals surface area (Å²) in [4.78, 5) is 25.3. The van der Waals surface area contributed by atoms with Crippen molar-refractivity contribution in [1.82, 2.24) is 34.4 Å². The summed E-state index contributed by atoms with van der Waals surface area (Å²) in [6.07, 6.45) is 0.986.